The number of piperazine rings is 1. The Kier molecular flexibility index (Phi) is 6.21. The Bertz CT molecular complexity index is 876. The van der Waals surface area contributed by atoms with E-state index in [4.69, 9.17) is 4.74 Å². The van der Waals surface area contributed by atoms with Crippen LogP contribution < -0.4 is 19.9 Å². The minimum Gasteiger partial charge on any atom is -0.492 e. The molecule has 0 bridgehead atoms. The summed E-state index contributed by atoms with van der Waals surface area (Å²) < 4.78 is 5.61. The molecule has 8 nitrogen and oxygen atoms in total. The molecule has 1 aromatic carbocycles. The minimum atomic E-state index is -0.0987. The molecule has 0 saturated carbocycles. The van der Waals surface area contributed by atoms with E-state index in [1.54, 1.807) is 0 Å². The van der Waals surface area contributed by atoms with Crippen molar-refractivity contribution in [2.45, 2.75) is 26.7 Å². The number of benzene rings is 1. The molecule has 2 aliphatic heterocycles. The summed E-state index contributed by atoms with van der Waals surface area (Å²) in [5.74, 6) is 3.45. The van der Waals surface area contributed by atoms with Gasteiger partial charge in [-0.3, -0.25) is 0 Å². The van der Waals surface area contributed by atoms with Crippen molar-refractivity contribution in [3.63, 3.8) is 0 Å². The molecule has 8 heteroatoms. The maximum atomic E-state index is 12.8. The van der Waals surface area contributed by atoms with Crippen molar-refractivity contribution < 1.29 is 9.53 Å². The average molecular weight is 411 g/mol. The van der Waals surface area contributed by atoms with Crippen LogP contribution in [0.3, 0.4) is 0 Å². The van der Waals surface area contributed by atoms with E-state index in [0.717, 1.165) is 43.6 Å². The molecule has 3 heterocycles. The average Bonchev–Trinajstić information content (AvgIpc) is 3.30. The van der Waals surface area contributed by atoms with Crippen LogP contribution >= 0.6 is 0 Å². The number of carbonyl (C=O) groups is 1. The molecule has 4 rings (SSSR count). The molecule has 0 radical (unpaired) electrons. The zero-order chi connectivity index (χ0) is 20.9. The van der Waals surface area contributed by atoms with Gasteiger partial charge >= 0.3 is 6.03 Å². The van der Waals surface area contributed by atoms with Gasteiger partial charge in [0.2, 0.25) is 0 Å². The second kappa shape index (κ2) is 9.19. The fourth-order valence-electron chi connectivity index (χ4n) is 3.99. The zero-order valence-corrected chi connectivity index (χ0v) is 17.8. The van der Waals surface area contributed by atoms with E-state index in [1.807, 2.05) is 43.0 Å². The molecule has 2 aromatic rings. The summed E-state index contributed by atoms with van der Waals surface area (Å²) in [6, 6.07) is 9.52. The van der Waals surface area contributed by atoms with Crippen molar-refractivity contribution in [1.82, 2.24) is 14.9 Å². The predicted molar refractivity (Wildman–Crippen MR) is 119 cm³/mol. The van der Waals surface area contributed by atoms with Gasteiger partial charge in [-0.25, -0.2) is 14.8 Å². The second-order valence-corrected chi connectivity index (χ2v) is 7.66. The molecule has 2 aliphatic rings. The van der Waals surface area contributed by atoms with Crippen LogP contribution in [0.1, 0.15) is 25.6 Å². The Morgan fingerprint density at radius 3 is 2.30 bits per heavy atom. The first kappa shape index (κ1) is 20.3. The molecule has 160 valence electrons. The van der Waals surface area contributed by atoms with Gasteiger partial charge in [-0.05, 0) is 38.8 Å². The Labute approximate surface area is 177 Å². The van der Waals surface area contributed by atoms with Gasteiger partial charge in [0, 0.05) is 45.3 Å². The van der Waals surface area contributed by atoms with Gasteiger partial charge in [0.05, 0.1) is 12.3 Å². The maximum Gasteiger partial charge on any atom is 0.322 e. The number of carbonyl (C=O) groups excluding carboxylic acids is 1. The van der Waals surface area contributed by atoms with E-state index in [0.29, 0.717) is 31.1 Å². The highest BCUT2D eigenvalue weighted by molar-refractivity contribution is 5.91. The quantitative estimate of drug-likeness (QED) is 0.816. The number of rotatable bonds is 5. The van der Waals surface area contributed by atoms with Crippen LogP contribution in [0.25, 0.3) is 0 Å². The summed E-state index contributed by atoms with van der Waals surface area (Å²) in [4.78, 5) is 28.4. The van der Waals surface area contributed by atoms with Crippen LogP contribution in [0, 0.1) is 6.92 Å². The number of nitrogens with one attached hydrogen (secondary N) is 1. The maximum absolute atomic E-state index is 12.8. The highest BCUT2D eigenvalue weighted by Crippen LogP contribution is 2.25. The summed E-state index contributed by atoms with van der Waals surface area (Å²) in [6.45, 7) is 9.34. The molecule has 0 unspecified atom stereocenters. The number of ether oxygens (including phenoxy) is 1. The summed E-state index contributed by atoms with van der Waals surface area (Å²) in [5, 5.41) is 2.99. The lowest BCUT2D eigenvalue weighted by atomic mass is 10.3. The van der Waals surface area contributed by atoms with Crippen LogP contribution in [0.2, 0.25) is 0 Å². The summed E-state index contributed by atoms with van der Waals surface area (Å²) in [5.41, 5.74) is 0.702. The number of anilines is 3. The van der Waals surface area contributed by atoms with E-state index in [9.17, 15) is 4.79 Å². The Balaban J connectivity index is 1.38. The normalized spacial score (nSPS) is 16.7. The van der Waals surface area contributed by atoms with Crippen molar-refractivity contribution in [2.24, 2.45) is 0 Å². The molecule has 30 heavy (non-hydrogen) atoms. The standard InChI is InChI=1S/C22H30N6O2/c1-3-30-19-9-5-4-8-18(19)25-22(29)28-14-12-27(13-15-28)21-16-20(23-17(2)24-21)26-10-6-7-11-26/h4-5,8-9,16H,3,6-7,10-15H2,1-2H3,(H,25,29). The van der Waals surface area contributed by atoms with Crippen LogP contribution in [0.4, 0.5) is 22.1 Å². The van der Waals surface area contributed by atoms with Gasteiger partial charge in [0.15, 0.2) is 0 Å². The second-order valence-electron chi connectivity index (χ2n) is 7.66. The Morgan fingerprint density at radius 1 is 1.00 bits per heavy atom. The van der Waals surface area contributed by atoms with Crippen LogP contribution in [-0.2, 0) is 0 Å². The SMILES string of the molecule is CCOc1ccccc1NC(=O)N1CCN(c2cc(N3CCCC3)nc(C)n2)CC1. The lowest BCUT2D eigenvalue weighted by molar-refractivity contribution is 0.208. The van der Waals surface area contributed by atoms with Gasteiger partial charge in [0.1, 0.15) is 23.2 Å². The molecule has 0 atom stereocenters. The topological polar surface area (TPSA) is 73.8 Å². The molecule has 2 fully saturated rings. The van der Waals surface area contributed by atoms with E-state index in [2.05, 4.69) is 31.2 Å². The highest BCUT2D eigenvalue weighted by atomic mass is 16.5. The van der Waals surface area contributed by atoms with Crippen molar-refractivity contribution in [1.29, 1.82) is 0 Å². The van der Waals surface area contributed by atoms with Crippen molar-refractivity contribution in [3.8, 4) is 5.75 Å². The smallest absolute Gasteiger partial charge is 0.322 e. The number of aromatic nitrogens is 2. The molecule has 2 amide bonds. The monoisotopic (exact) mass is 410 g/mol. The van der Waals surface area contributed by atoms with Crippen molar-refractivity contribution in [3.05, 3.63) is 36.2 Å². The van der Waals surface area contributed by atoms with Crippen molar-refractivity contribution in [2.75, 3.05) is 61.0 Å². The lowest BCUT2D eigenvalue weighted by Gasteiger charge is -2.35. The molecule has 0 spiro atoms. The van der Waals surface area contributed by atoms with Crippen molar-refractivity contribution >= 4 is 23.4 Å². The number of para-hydroxylation sites is 2. The number of urea groups is 1. The molecule has 2 saturated heterocycles. The number of amides is 2. The van der Waals surface area contributed by atoms with E-state index < -0.39 is 0 Å². The summed E-state index contributed by atoms with van der Waals surface area (Å²) in [6.07, 6.45) is 2.44. The number of hydrogen-bond donors (Lipinski definition) is 1. The third-order valence-electron chi connectivity index (χ3n) is 5.56. The molecule has 1 aromatic heterocycles. The van der Waals surface area contributed by atoms with Crippen LogP contribution in [0.5, 0.6) is 5.75 Å². The van der Waals surface area contributed by atoms with Gasteiger partial charge in [-0.1, -0.05) is 12.1 Å². The fraction of sp³-hybridized carbons (Fsp3) is 0.500. The van der Waals surface area contributed by atoms with E-state index in [1.165, 1.54) is 12.8 Å². The van der Waals surface area contributed by atoms with E-state index in [-0.39, 0.29) is 6.03 Å². The Hall–Kier alpha value is -3.03. The third kappa shape index (κ3) is 4.58. The summed E-state index contributed by atoms with van der Waals surface area (Å²) >= 11 is 0. The first-order valence-corrected chi connectivity index (χ1v) is 10.8. The molecule has 0 aliphatic carbocycles. The Morgan fingerprint density at radius 2 is 1.63 bits per heavy atom. The zero-order valence-electron chi connectivity index (χ0n) is 17.8. The van der Waals surface area contributed by atoms with Crippen LogP contribution in [0.15, 0.2) is 30.3 Å². The minimum absolute atomic E-state index is 0.0987. The van der Waals surface area contributed by atoms with Gasteiger partial charge < -0.3 is 24.8 Å². The van der Waals surface area contributed by atoms with E-state index >= 15 is 0 Å². The van der Waals surface area contributed by atoms with Gasteiger partial charge in [-0.15, -0.1) is 0 Å². The number of aryl methyl sites for hydroxylation is 1. The fourth-order valence-corrected chi connectivity index (χ4v) is 3.99. The molecular weight excluding hydrogens is 380 g/mol. The first-order chi connectivity index (χ1) is 14.6. The predicted octanol–water partition coefficient (Wildman–Crippen LogP) is 3.14. The first-order valence-electron chi connectivity index (χ1n) is 10.8. The van der Waals surface area contributed by atoms with Crippen LogP contribution in [-0.4, -0.2) is 66.8 Å². The highest BCUT2D eigenvalue weighted by Gasteiger charge is 2.24. The van der Waals surface area contributed by atoms with Gasteiger partial charge in [0.25, 0.3) is 0 Å². The lowest BCUT2D eigenvalue weighted by Crippen LogP contribution is -2.50. The van der Waals surface area contributed by atoms with Gasteiger partial charge in [-0.2, -0.15) is 0 Å². The number of nitrogens with zero attached hydrogens (tertiary/aromatic N) is 5. The number of hydrogen-bond acceptors (Lipinski definition) is 6. The molecule has 1 N–H and O–H groups in total. The largest absolute Gasteiger partial charge is 0.492 e. The molecular formula is C22H30N6O2. The third-order valence-corrected chi connectivity index (χ3v) is 5.56. The summed E-state index contributed by atoms with van der Waals surface area (Å²) in [7, 11) is 0.